The summed E-state index contributed by atoms with van der Waals surface area (Å²) in [6, 6.07) is 15.8. The van der Waals surface area contributed by atoms with Gasteiger partial charge >= 0.3 is 0 Å². The van der Waals surface area contributed by atoms with Crippen molar-refractivity contribution in [2.75, 3.05) is 0 Å². The molecule has 3 heterocycles. The van der Waals surface area contributed by atoms with Gasteiger partial charge in [0.05, 0.1) is 29.4 Å². The van der Waals surface area contributed by atoms with Crippen molar-refractivity contribution in [1.29, 1.82) is 0 Å². The van der Waals surface area contributed by atoms with Gasteiger partial charge in [0.2, 0.25) is 0 Å². The average Bonchev–Trinajstić information content (AvgIpc) is 3.20. The maximum atomic E-state index is 13.2. The fourth-order valence-corrected chi connectivity index (χ4v) is 3.53. The number of benzene rings is 1. The highest BCUT2D eigenvalue weighted by Crippen LogP contribution is 2.25. The van der Waals surface area contributed by atoms with Crippen LogP contribution in [0, 0.1) is 0 Å². The lowest BCUT2D eigenvalue weighted by atomic mass is 10.1. The van der Waals surface area contributed by atoms with Gasteiger partial charge in [-0.1, -0.05) is 44.2 Å². The van der Waals surface area contributed by atoms with Gasteiger partial charge in [-0.25, -0.2) is 9.67 Å². The number of amides is 1. The van der Waals surface area contributed by atoms with E-state index in [2.05, 4.69) is 29.2 Å². The van der Waals surface area contributed by atoms with Gasteiger partial charge in [-0.15, -0.1) is 0 Å². The first-order chi connectivity index (χ1) is 14.7. The Morgan fingerprint density at radius 1 is 1.07 bits per heavy atom. The Labute approximate surface area is 176 Å². The molecule has 6 heteroatoms. The van der Waals surface area contributed by atoms with E-state index in [1.807, 2.05) is 53.2 Å². The van der Waals surface area contributed by atoms with Crippen LogP contribution in [0.15, 0.2) is 67.1 Å². The predicted octanol–water partition coefficient (Wildman–Crippen LogP) is 4.46. The molecule has 30 heavy (non-hydrogen) atoms. The summed E-state index contributed by atoms with van der Waals surface area (Å²) >= 11 is 0. The van der Waals surface area contributed by atoms with E-state index in [1.54, 1.807) is 18.6 Å². The molecular weight excluding hydrogens is 374 g/mol. The maximum absolute atomic E-state index is 13.2. The molecule has 0 radical (unpaired) electrons. The molecule has 0 bridgehead atoms. The first kappa shape index (κ1) is 19.8. The molecule has 4 rings (SSSR count). The van der Waals surface area contributed by atoms with Gasteiger partial charge in [0, 0.05) is 24.0 Å². The van der Waals surface area contributed by atoms with Crippen molar-refractivity contribution in [2.45, 2.75) is 39.3 Å². The van der Waals surface area contributed by atoms with Crippen molar-refractivity contribution >= 4 is 16.9 Å². The molecule has 0 aliphatic rings. The molecule has 0 saturated carbocycles. The second-order valence-electron chi connectivity index (χ2n) is 7.30. The molecule has 0 atom stereocenters. The maximum Gasteiger partial charge on any atom is 0.252 e. The average molecular weight is 399 g/mol. The number of pyridine rings is 2. The smallest absolute Gasteiger partial charge is 0.252 e. The Morgan fingerprint density at radius 3 is 2.50 bits per heavy atom. The van der Waals surface area contributed by atoms with Crippen LogP contribution in [0.3, 0.4) is 0 Å². The zero-order valence-electron chi connectivity index (χ0n) is 17.2. The van der Waals surface area contributed by atoms with Crippen LogP contribution in [0.2, 0.25) is 0 Å². The van der Waals surface area contributed by atoms with Crippen molar-refractivity contribution in [3.8, 4) is 11.3 Å². The van der Waals surface area contributed by atoms with Gasteiger partial charge in [0.25, 0.3) is 5.91 Å². The second kappa shape index (κ2) is 8.86. The number of nitrogens with one attached hydrogen (secondary N) is 1. The van der Waals surface area contributed by atoms with E-state index in [-0.39, 0.29) is 11.9 Å². The summed E-state index contributed by atoms with van der Waals surface area (Å²) in [4.78, 5) is 22.1. The third-order valence-electron chi connectivity index (χ3n) is 5.33. The van der Waals surface area contributed by atoms with Crippen LogP contribution in [-0.2, 0) is 6.54 Å². The van der Waals surface area contributed by atoms with Crippen LogP contribution in [0.4, 0.5) is 0 Å². The largest absolute Gasteiger partial charge is 0.349 e. The monoisotopic (exact) mass is 399 g/mol. The number of carbonyl (C=O) groups is 1. The van der Waals surface area contributed by atoms with Crippen molar-refractivity contribution in [1.82, 2.24) is 25.1 Å². The van der Waals surface area contributed by atoms with E-state index in [0.717, 1.165) is 35.0 Å². The SMILES string of the molecule is CCC(CC)NC(=O)c1cc(-c2ccccc2)nc2c1cnn2Cc1ccncc1. The molecule has 1 N–H and O–H groups in total. The molecule has 1 amide bonds. The van der Waals surface area contributed by atoms with Gasteiger partial charge in [-0.3, -0.25) is 9.78 Å². The molecule has 0 unspecified atom stereocenters. The highest BCUT2D eigenvalue weighted by Gasteiger charge is 2.19. The Kier molecular flexibility index (Phi) is 5.84. The number of aromatic nitrogens is 4. The van der Waals surface area contributed by atoms with Gasteiger partial charge < -0.3 is 5.32 Å². The van der Waals surface area contributed by atoms with Crippen molar-refractivity contribution in [3.63, 3.8) is 0 Å². The summed E-state index contributed by atoms with van der Waals surface area (Å²) in [6.45, 7) is 4.72. The molecule has 0 aliphatic heterocycles. The van der Waals surface area contributed by atoms with E-state index >= 15 is 0 Å². The highest BCUT2D eigenvalue weighted by molar-refractivity contribution is 6.06. The van der Waals surface area contributed by atoms with E-state index in [1.165, 1.54) is 0 Å². The number of hydrogen-bond donors (Lipinski definition) is 1. The van der Waals surface area contributed by atoms with Crippen LogP contribution in [-0.4, -0.2) is 31.7 Å². The summed E-state index contributed by atoms with van der Waals surface area (Å²) < 4.78 is 1.84. The molecule has 0 saturated heterocycles. The summed E-state index contributed by atoms with van der Waals surface area (Å²) in [5, 5.41) is 8.45. The van der Waals surface area contributed by atoms with E-state index in [0.29, 0.717) is 17.8 Å². The van der Waals surface area contributed by atoms with Crippen LogP contribution in [0.1, 0.15) is 42.6 Å². The number of fused-ring (bicyclic) bond motifs is 1. The molecule has 0 spiro atoms. The Balaban J connectivity index is 1.82. The molecule has 0 aliphatic carbocycles. The highest BCUT2D eigenvalue weighted by atomic mass is 16.1. The summed E-state index contributed by atoms with van der Waals surface area (Å²) in [5.41, 5.74) is 4.10. The lowest BCUT2D eigenvalue weighted by molar-refractivity contribution is 0.0936. The Hall–Kier alpha value is -3.54. The van der Waals surface area contributed by atoms with Gasteiger partial charge in [-0.2, -0.15) is 5.10 Å². The quantitative estimate of drug-likeness (QED) is 0.498. The molecule has 3 aromatic heterocycles. The zero-order valence-corrected chi connectivity index (χ0v) is 17.2. The standard InChI is InChI=1S/C24H25N5O/c1-3-19(4-2)27-24(30)20-14-22(18-8-6-5-7-9-18)28-23-21(20)15-26-29(23)16-17-10-12-25-13-11-17/h5-15,19H,3-4,16H2,1-2H3,(H,27,30). The molecule has 1 aromatic carbocycles. The van der Waals surface area contributed by atoms with Crippen LogP contribution < -0.4 is 5.32 Å². The molecule has 152 valence electrons. The molecule has 0 fully saturated rings. The first-order valence-corrected chi connectivity index (χ1v) is 10.3. The van der Waals surface area contributed by atoms with Gasteiger partial charge in [0.1, 0.15) is 0 Å². The minimum absolute atomic E-state index is 0.0863. The van der Waals surface area contributed by atoms with Gasteiger partial charge in [0.15, 0.2) is 5.65 Å². The van der Waals surface area contributed by atoms with Gasteiger partial charge in [-0.05, 0) is 36.6 Å². The van der Waals surface area contributed by atoms with E-state index in [9.17, 15) is 4.79 Å². The van der Waals surface area contributed by atoms with E-state index in [4.69, 9.17) is 4.98 Å². The third-order valence-corrected chi connectivity index (χ3v) is 5.33. The molecule has 4 aromatic rings. The summed E-state index contributed by atoms with van der Waals surface area (Å²) in [7, 11) is 0. The van der Waals surface area contributed by atoms with Crippen molar-refractivity contribution < 1.29 is 4.79 Å². The lowest BCUT2D eigenvalue weighted by Gasteiger charge is -2.15. The third kappa shape index (κ3) is 4.08. The Morgan fingerprint density at radius 2 is 1.80 bits per heavy atom. The number of carbonyl (C=O) groups excluding carboxylic acids is 1. The minimum Gasteiger partial charge on any atom is -0.349 e. The molecular formula is C24H25N5O. The summed E-state index contributed by atoms with van der Waals surface area (Å²) in [5.74, 6) is -0.0863. The zero-order chi connectivity index (χ0) is 20.9. The van der Waals surface area contributed by atoms with Crippen molar-refractivity contribution in [2.24, 2.45) is 0 Å². The minimum atomic E-state index is -0.0863. The lowest BCUT2D eigenvalue weighted by Crippen LogP contribution is -2.34. The van der Waals surface area contributed by atoms with Crippen LogP contribution >= 0.6 is 0 Å². The first-order valence-electron chi connectivity index (χ1n) is 10.3. The predicted molar refractivity (Wildman–Crippen MR) is 118 cm³/mol. The number of hydrogen-bond acceptors (Lipinski definition) is 4. The fourth-order valence-electron chi connectivity index (χ4n) is 3.53. The van der Waals surface area contributed by atoms with Crippen molar-refractivity contribution in [3.05, 3.63) is 78.2 Å². The number of nitrogens with zero attached hydrogens (tertiary/aromatic N) is 4. The second-order valence-corrected chi connectivity index (χ2v) is 7.30. The normalized spacial score (nSPS) is 11.2. The number of rotatable bonds is 7. The Bertz CT molecular complexity index is 1130. The van der Waals surface area contributed by atoms with E-state index < -0.39 is 0 Å². The topological polar surface area (TPSA) is 72.7 Å². The van der Waals surface area contributed by atoms with Crippen LogP contribution in [0.5, 0.6) is 0 Å². The fraction of sp³-hybridized carbons (Fsp3) is 0.250. The van der Waals surface area contributed by atoms with Crippen LogP contribution in [0.25, 0.3) is 22.3 Å². The molecule has 6 nitrogen and oxygen atoms in total. The summed E-state index contributed by atoms with van der Waals surface area (Å²) in [6.07, 6.45) is 7.05.